The van der Waals surface area contributed by atoms with Crippen LogP contribution in [0, 0.1) is 17.3 Å². The number of hydrogen-bond donors (Lipinski definition) is 1. The van der Waals surface area contributed by atoms with E-state index < -0.39 is 0 Å². The molecule has 0 radical (unpaired) electrons. The molecule has 2 aliphatic rings. The van der Waals surface area contributed by atoms with Gasteiger partial charge >= 0.3 is 0 Å². The van der Waals surface area contributed by atoms with Gasteiger partial charge in [0.05, 0.1) is 0 Å². The average Bonchev–Trinajstić information content (AvgIpc) is 2.43. The van der Waals surface area contributed by atoms with Crippen LogP contribution in [0.3, 0.4) is 0 Å². The summed E-state index contributed by atoms with van der Waals surface area (Å²) in [7, 11) is 0. The zero-order valence-corrected chi connectivity index (χ0v) is 11.1. The van der Waals surface area contributed by atoms with Gasteiger partial charge in [0.2, 0.25) is 5.91 Å². The fourth-order valence-corrected chi connectivity index (χ4v) is 4.04. The zero-order chi connectivity index (χ0) is 12.0. The van der Waals surface area contributed by atoms with Crippen molar-refractivity contribution in [2.75, 3.05) is 0 Å². The van der Waals surface area contributed by atoms with Crippen molar-refractivity contribution in [3.05, 3.63) is 0 Å². The minimum absolute atomic E-state index is 0.0932. The Labute approximate surface area is 99.2 Å². The lowest BCUT2D eigenvalue weighted by molar-refractivity contribution is -0.123. The monoisotopic (exact) mass is 223 g/mol. The van der Waals surface area contributed by atoms with Crippen LogP contribution in [0.25, 0.3) is 0 Å². The standard InChI is InChI=1S/C14H25NO/c1-10(2)13(4)11(3)12(16)15-14(13)8-6-5-7-9-14/h10-11H,5-9H2,1-4H3,(H,15,16). The van der Waals surface area contributed by atoms with E-state index in [4.69, 9.17) is 0 Å². The molecule has 16 heavy (non-hydrogen) atoms. The van der Waals surface area contributed by atoms with Crippen molar-refractivity contribution < 1.29 is 4.79 Å². The van der Waals surface area contributed by atoms with E-state index in [1.54, 1.807) is 0 Å². The molecular formula is C14H25NO. The van der Waals surface area contributed by atoms with Gasteiger partial charge in [0.25, 0.3) is 0 Å². The van der Waals surface area contributed by atoms with E-state index in [-0.39, 0.29) is 22.8 Å². The van der Waals surface area contributed by atoms with Gasteiger partial charge in [-0.15, -0.1) is 0 Å². The molecule has 0 bridgehead atoms. The van der Waals surface area contributed by atoms with Crippen molar-refractivity contribution in [3.63, 3.8) is 0 Å². The Morgan fingerprint density at radius 2 is 1.81 bits per heavy atom. The first-order valence-electron chi connectivity index (χ1n) is 6.76. The largest absolute Gasteiger partial charge is 0.350 e. The van der Waals surface area contributed by atoms with Gasteiger partial charge in [0.15, 0.2) is 0 Å². The van der Waals surface area contributed by atoms with Crippen LogP contribution in [-0.2, 0) is 4.79 Å². The van der Waals surface area contributed by atoms with E-state index in [9.17, 15) is 4.79 Å². The van der Waals surface area contributed by atoms with E-state index >= 15 is 0 Å². The van der Waals surface area contributed by atoms with Crippen molar-refractivity contribution in [3.8, 4) is 0 Å². The molecule has 0 aromatic heterocycles. The molecule has 1 amide bonds. The molecule has 1 saturated carbocycles. The van der Waals surface area contributed by atoms with Crippen molar-refractivity contribution in [2.45, 2.75) is 65.3 Å². The Morgan fingerprint density at radius 3 is 2.31 bits per heavy atom. The quantitative estimate of drug-likeness (QED) is 0.727. The van der Waals surface area contributed by atoms with Gasteiger partial charge < -0.3 is 5.32 Å². The first kappa shape index (κ1) is 11.9. The van der Waals surface area contributed by atoms with E-state index in [0.717, 1.165) is 0 Å². The number of carbonyl (C=O) groups excluding carboxylic acids is 1. The molecule has 0 aromatic rings. The van der Waals surface area contributed by atoms with Crippen LogP contribution in [0.15, 0.2) is 0 Å². The van der Waals surface area contributed by atoms with Crippen molar-refractivity contribution in [2.24, 2.45) is 17.3 Å². The van der Waals surface area contributed by atoms with Gasteiger partial charge in [0.1, 0.15) is 0 Å². The first-order chi connectivity index (χ1) is 7.44. The number of hydrogen-bond acceptors (Lipinski definition) is 1. The van der Waals surface area contributed by atoms with Crippen molar-refractivity contribution >= 4 is 5.91 Å². The van der Waals surface area contributed by atoms with Gasteiger partial charge in [-0.3, -0.25) is 4.79 Å². The maximum absolute atomic E-state index is 12.1. The summed E-state index contributed by atoms with van der Waals surface area (Å²) in [6.45, 7) is 8.98. The first-order valence-corrected chi connectivity index (χ1v) is 6.76. The van der Waals surface area contributed by atoms with Gasteiger partial charge in [-0.05, 0) is 18.8 Å². The van der Waals surface area contributed by atoms with Crippen molar-refractivity contribution in [1.82, 2.24) is 5.32 Å². The average molecular weight is 223 g/mol. The molecule has 92 valence electrons. The summed E-state index contributed by atoms with van der Waals surface area (Å²) < 4.78 is 0. The number of amides is 1. The van der Waals surface area contributed by atoms with Gasteiger partial charge in [-0.1, -0.05) is 47.0 Å². The Balaban J connectivity index is 2.39. The van der Waals surface area contributed by atoms with Crippen LogP contribution in [0.1, 0.15) is 59.8 Å². The molecule has 1 spiro atoms. The van der Waals surface area contributed by atoms with Gasteiger partial charge in [-0.2, -0.15) is 0 Å². The SMILES string of the molecule is CC(C)C1(C)C(C)C(=O)NC12CCCCC2. The summed E-state index contributed by atoms with van der Waals surface area (Å²) in [6, 6.07) is 0. The van der Waals surface area contributed by atoms with Crippen LogP contribution >= 0.6 is 0 Å². The zero-order valence-electron chi connectivity index (χ0n) is 11.1. The van der Waals surface area contributed by atoms with Crippen molar-refractivity contribution in [1.29, 1.82) is 0 Å². The number of carbonyl (C=O) groups is 1. The molecule has 2 unspecified atom stereocenters. The van der Waals surface area contributed by atoms with E-state index in [1.165, 1.54) is 32.1 Å². The second-order valence-corrected chi connectivity index (χ2v) is 6.29. The molecule has 1 heterocycles. The third kappa shape index (κ3) is 1.34. The highest BCUT2D eigenvalue weighted by Gasteiger charge is 2.60. The third-order valence-corrected chi connectivity index (χ3v) is 5.59. The fourth-order valence-electron chi connectivity index (χ4n) is 4.04. The summed E-state index contributed by atoms with van der Waals surface area (Å²) in [5.41, 5.74) is 0.223. The number of rotatable bonds is 1. The van der Waals surface area contributed by atoms with Crippen LogP contribution in [0.5, 0.6) is 0 Å². The lowest BCUT2D eigenvalue weighted by Crippen LogP contribution is -2.55. The topological polar surface area (TPSA) is 29.1 Å². The number of nitrogens with one attached hydrogen (secondary N) is 1. The normalized spacial score (nSPS) is 38.1. The summed E-state index contributed by atoms with van der Waals surface area (Å²) in [5, 5.41) is 3.35. The molecule has 1 aliphatic carbocycles. The molecule has 2 rings (SSSR count). The molecule has 1 aliphatic heterocycles. The second-order valence-electron chi connectivity index (χ2n) is 6.29. The Morgan fingerprint density at radius 1 is 1.25 bits per heavy atom. The highest BCUT2D eigenvalue weighted by Crippen LogP contribution is 2.55. The van der Waals surface area contributed by atoms with Crippen LogP contribution in [0.4, 0.5) is 0 Å². The molecule has 2 nitrogen and oxygen atoms in total. The van der Waals surface area contributed by atoms with Crippen LogP contribution in [0.2, 0.25) is 0 Å². The minimum atomic E-state index is 0.0932. The van der Waals surface area contributed by atoms with E-state index in [1.807, 2.05) is 0 Å². The summed E-state index contributed by atoms with van der Waals surface area (Å²) in [5.74, 6) is 0.989. The van der Waals surface area contributed by atoms with Gasteiger partial charge in [0, 0.05) is 16.9 Å². The maximum Gasteiger partial charge on any atom is 0.223 e. The van der Waals surface area contributed by atoms with Gasteiger partial charge in [-0.25, -0.2) is 0 Å². The van der Waals surface area contributed by atoms with Crippen LogP contribution < -0.4 is 5.32 Å². The Kier molecular flexibility index (Phi) is 2.80. The molecule has 1 saturated heterocycles. The summed E-state index contributed by atoms with van der Waals surface area (Å²) in [6.07, 6.45) is 6.24. The third-order valence-electron chi connectivity index (χ3n) is 5.59. The van der Waals surface area contributed by atoms with Crippen LogP contribution in [-0.4, -0.2) is 11.4 Å². The predicted octanol–water partition coefficient (Wildman–Crippen LogP) is 3.12. The summed E-state index contributed by atoms with van der Waals surface area (Å²) in [4.78, 5) is 12.1. The highest BCUT2D eigenvalue weighted by atomic mass is 16.2. The smallest absolute Gasteiger partial charge is 0.223 e. The molecule has 1 N–H and O–H groups in total. The minimum Gasteiger partial charge on any atom is -0.350 e. The fraction of sp³-hybridized carbons (Fsp3) is 0.929. The predicted molar refractivity (Wildman–Crippen MR) is 66.1 cm³/mol. The highest BCUT2D eigenvalue weighted by molar-refractivity contribution is 5.83. The van der Waals surface area contributed by atoms with E-state index in [0.29, 0.717) is 5.92 Å². The molecule has 0 aromatic carbocycles. The Bertz CT molecular complexity index is 291. The molecule has 2 fully saturated rings. The molecular weight excluding hydrogens is 198 g/mol. The second kappa shape index (κ2) is 3.75. The maximum atomic E-state index is 12.1. The molecule has 2 heteroatoms. The lowest BCUT2D eigenvalue weighted by atomic mass is 9.56. The lowest BCUT2D eigenvalue weighted by Gasteiger charge is -2.49. The molecule has 2 atom stereocenters. The Hall–Kier alpha value is -0.530. The van der Waals surface area contributed by atoms with E-state index in [2.05, 4.69) is 33.0 Å². The summed E-state index contributed by atoms with van der Waals surface area (Å²) >= 11 is 0.